The molecule has 7 heteroatoms. The molecule has 0 heterocycles. The highest BCUT2D eigenvalue weighted by Gasteiger charge is 2.10. The van der Waals surface area contributed by atoms with E-state index in [1.807, 2.05) is 31.2 Å². The van der Waals surface area contributed by atoms with E-state index in [1.54, 1.807) is 12.1 Å². The van der Waals surface area contributed by atoms with Gasteiger partial charge in [-0.2, -0.15) is 0 Å². The number of rotatable bonds is 9. The van der Waals surface area contributed by atoms with Crippen molar-refractivity contribution in [3.8, 4) is 0 Å². The number of aryl methyl sites for hydroxylation is 2. The number of benzene rings is 2. The van der Waals surface area contributed by atoms with E-state index < -0.39 is 10.9 Å². The first-order valence-corrected chi connectivity index (χ1v) is 8.86. The van der Waals surface area contributed by atoms with Crippen molar-refractivity contribution in [1.29, 1.82) is 0 Å². The first kappa shape index (κ1) is 20.8. The summed E-state index contributed by atoms with van der Waals surface area (Å²) in [6.07, 6.45) is 3.46. The maximum atomic E-state index is 11.8. The molecule has 0 bridgehead atoms. The van der Waals surface area contributed by atoms with Crippen molar-refractivity contribution in [3.63, 3.8) is 0 Å². The van der Waals surface area contributed by atoms with Crippen LogP contribution in [0.5, 0.6) is 0 Å². The molecular weight excluding hydrogens is 360 g/mol. The number of nitrogens with one attached hydrogen (secondary N) is 1. The first-order chi connectivity index (χ1) is 13.5. The standard InChI is InChI=1S/C21H22N2O5/c1-16-6-8-17(9-7-16)10-12-20(24)22-14-15-28-21(25)13-11-18-4-2-3-5-19(18)23(26)27/h2-9,11,13H,10,12,14-15H2,1H3,(H,22,24). The third kappa shape index (κ3) is 7.03. The normalized spacial score (nSPS) is 10.6. The fraction of sp³-hybridized carbons (Fsp3) is 0.238. The van der Waals surface area contributed by atoms with Gasteiger partial charge in [0.05, 0.1) is 17.0 Å². The number of carbonyl (C=O) groups excluding carboxylic acids is 2. The molecule has 2 aromatic carbocycles. The number of nitro benzene ring substituents is 1. The van der Waals surface area contributed by atoms with Crippen molar-refractivity contribution in [2.24, 2.45) is 0 Å². The van der Waals surface area contributed by atoms with E-state index >= 15 is 0 Å². The Balaban J connectivity index is 1.67. The SMILES string of the molecule is Cc1ccc(CCC(=O)NCCOC(=O)C=Cc2ccccc2[N+](=O)[O-])cc1. The monoisotopic (exact) mass is 382 g/mol. The van der Waals surface area contributed by atoms with Crippen LogP contribution < -0.4 is 5.32 Å². The van der Waals surface area contributed by atoms with Gasteiger partial charge in [-0.05, 0) is 31.1 Å². The molecule has 146 valence electrons. The summed E-state index contributed by atoms with van der Waals surface area (Å²) in [6, 6.07) is 14.1. The maximum Gasteiger partial charge on any atom is 0.330 e. The lowest BCUT2D eigenvalue weighted by Crippen LogP contribution is -2.28. The molecule has 7 nitrogen and oxygen atoms in total. The van der Waals surface area contributed by atoms with Crippen LogP contribution in [0.1, 0.15) is 23.1 Å². The van der Waals surface area contributed by atoms with Crippen molar-refractivity contribution in [2.75, 3.05) is 13.2 Å². The number of para-hydroxylation sites is 1. The Hall–Kier alpha value is -3.48. The molecule has 1 amide bonds. The molecule has 28 heavy (non-hydrogen) atoms. The number of carbonyl (C=O) groups is 2. The number of hydrogen-bond donors (Lipinski definition) is 1. The van der Waals surface area contributed by atoms with Crippen LogP contribution in [0.3, 0.4) is 0 Å². The lowest BCUT2D eigenvalue weighted by molar-refractivity contribution is -0.385. The number of esters is 1. The van der Waals surface area contributed by atoms with E-state index in [-0.39, 0.29) is 24.7 Å². The minimum Gasteiger partial charge on any atom is -0.461 e. The van der Waals surface area contributed by atoms with Gasteiger partial charge in [0.1, 0.15) is 6.61 Å². The predicted octanol–water partition coefficient (Wildman–Crippen LogP) is 3.21. The molecule has 0 unspecified atom stereocenters. The fourth-order valence-corrected chi connectivity index (χ4v) is 2.44. The molecule has 0 saturated carbocycles. The minimum absolute atomic E-state index is 0.0241. The molecule has 0 aliphatic rings. The van der Waals surface area contributed by atoms with Crippen LogP contribution in [0.2, 0.25) is 0 Å². The molecule has 0 aliphatic heterocycles. The zero-order valence-corrected chi connectivity index (χ0v) is 15.6. The summed E-state index contributed by atoms with van der Waals surface area (Å²) in [7, 11) is 0. The molecule has 0 spiro atoms. The summed E-state index contributed by atoms with van der Waals surface area (Å²) in [6.45, 7) is 2.24. The lowest BCUT2D eigenvalue weighted by atomic mass is 10.1. The van der Waals surface area contributed by atoms with Gasteiger partial charge in [0, 0.05) is 18.6 Å². The van der Waals surface area contributed by atoms with E-state index in [1.165, 1.54) is 23.8 Å². The average Bonchev–Trinajstić information content (AvgIpc) is 2.69. The van der Waals surface area contributed by atoms with Crippen LogP contribution in [-0.2, 0) is 20.7 Å². The number of nitrogens with zero attached hydrogens (tertiary/aromatic N) is 1. The fourth-order valence-electron chi connectivity index (χ4n) is 2.44. The Labute approximate surface area is 163 Å². The number of nitro groups is 1. The summed E-state index contributed by atoms with van der Waals surface area (Å²) >= 11 is 0. The number of ether oxygens (including phenoxy) is 1. The van der Waals surface area contributed by atoms with Crippen LogP contribution >= 0.6 is 0 Å². The molecule has 0 radical (unpaired) electrons. The first-order valence-electron chi connectivity index (χ1n) is 8.86. The van der Waals surface area contributed by atoms with Gasteiger partial charge in [0.2, 0.25) is 5.91 Å². The summed E-state index contributed by atoms with van der Waals surface area (Å²) in [5.41, 5.74) is 2.49. The number of hydrogen-bond acceptors (Lipinski definition) is 5. The molecule has 2 aromatic rings. The Morgan fingerprint density at radius 2 is 1.86 bits per heavy atom. The molecule has 0 aliphatic carbocycles. The van der Waals surface area contributed by atoms with Gasteiger partial charge in [0.15, 0.2) is 0 Å². The van der Waals surface area contributed by atoms with E-state index in [2.05, 4.69) is 5.32 Å². The molecule has 0 saturated heterocycles. The highest BCUT2D eigenvalue weighted by Crippen LogP contribution is 2.18. The summed E-state index contributed by atoms with van der Waals surface area (Å²) in [5.74, 6) is -0.751. The zero-order chi connectivity index (χ0) is 20.4. The van der Waals surface area contributed by atoms with Gasteiger partial charge in [-0.3, -0.25) is 14.9 Å². The molecule has 0 fully saturated rings. The smallest absolute Gasteiger partial charge is 0.330 e. The summed E-state index contributed by atoms with van der Waals surface area (Å²) in [4.78, 5) is 33.9. The largest absolute Gasteiger partial charge is 0.461 e. The molecular formula is C21H22N2O5. The van der Waals surface area contributed by atoms with Crippen molar-refractivity contribution in [3.05, 3.63) is 81.4 Å². The van der Waals surface area contributed by atoms with E-state index in [0.717, 1.165) is 11.6 Å². The van der Waals surface area contributed by atoms with Crippen LogP contribution in [0.25, 0.3) is 6.08 Å². The van der Waals surface area contributed by atoms with Crippen molar-refractivity contribution < 1.29 is 19.2 Å². The van der Waals surface area contributed by atoms with Crippen molar-refractivity contribution in [1.82, 2.24) is 5.32 Å². The molecule has 2 rings (SSSR count). The third-order valence-corrected chi connectivity index (χ3v) is 3.96. The third-order valence-electron chi connectivity index (χ3n) is 3.96. The van der Waals surface area contributed by atoms with Crippen molar-refractivity contribution in [2.45, 2.75) is 19.8 Å². The van der Waals surface area contributed by atoms with E-state index in [0.29, 0.717) is 18.4 Å². The second-order valence-corrected chi connectivity index (χ2v) is 6.15. The van der Waals surface area contributed by atoms with Crippen molar-refractivity contribution >= 4 is 23.6 Å². The van der Waals surface area contributed by atoms with E-state index in [9.17, 15) is 19.7 Å². The number of amides is 1. The van der Waals surface area contributed by atoms with Gasteiger partial charge in [-0.1, -0.05) is 42.0 Å². The van der Waals surface area contributed by atoms with Crippen LogP contribution in [-0.4, -0.2) is 30.0 Å². The van der Waals surface area contributed by atoms with Gasteiger partial charge in [-0.15, -0.1) is 0 Å². The van der Waals surface area contributed by atoms with Gasteiger partial charge in [0.25, 0.3) is 5.69 Å². The van der Waals surface area contributed by atoms with Gasteiger partial charge in [-0.25, -0.2) is 4.79 Å². The second kappa shape index (κ2) is 10.6. The van der Waals surface area contributed by atoms with Gasteiger partial charge >= 0.3 is 5.97 Å². The quantitative estimate of drug-likeness (QED) is 0.236. The van der Waals surface area contributed by atoms with Crippen LogP contribution in [0.15, 0.2) is 54.6 Å². The Morgan fingerprint density at radius 1 is 1.14 bits per heavy atom. The lowest BCUT2D eigenvalue weighted by Gasteiger charge is -2.06. The highest BCUT2D eigenvalue weighted by molar-refractivity contribution is 5.88. The molecule has 0 atom stereocenters. The van der Waals surface area contributed by atoms with Crippen LogP contribution in [0.4, 0.5) is 5.69 Å². The zero-order valence-electron chi connectivity index (χ0n) is 15.6. The maximum absolute atomic E-state index is 11.8. The minimum atomic E-state index is -0.632. The predicted molar refractivity (Wildman–Crippen MR) is 106 cm³/mol. The molecule has 1 N–H and O–H groups in total. The molecule has 0 aromatic heterocycles. The summed E-state index contributed by atoms with van der Waals surface area (Å²) in [5, 5.41) is 13.6. The Morgan fingerprint density at radius 3 is 2.57 bits per heavy atom. The summed E-state index contributed by atoms with van der Waals surface area (Å²) < 4.78 is 4.98. The Bertz CT molecular complexity index is 859. The second-order valence-electron chi connectivity index (χ2n) is 6.15. The van der Waals surface area contributed by atoms with Gasteiger partial charge < -0.3 is 10.1 Å². The topological polar surface area (TPSA) is 98.5 Å². The van der Waals surface area contributed by atoms with Crippen LogP contribution in [0, 0.1) is 17.0 Å². The highest BCUT2D eigenvalue weighted by atomic mass is 16.6. The average molecular weight is 382 g/mol. The van der Waals surface area contributed by atoms with E-state index in [4.69, 9.17) is 4.74 Å². The Kier molecular flexibility index (Phi) is 7.90.